The van der Waals surface area contributed by atoms with Crippen LogP contribution in [0.5, 0.6) is 0 Å². The first-order valence-electron chi connectivity index (χ1n) is 9.84. The number of anilines is 2. The summed E-state index contributed by atoms with van der Waals surface area (Å²) in [5, 5.41) is 12.7. The molecule has 1 aliphatic carbocycles. The van der Waals surface area contributed by atoms with Crippen LogP contribution >= 0.6 is 11.3 Å². The lowest BCUT2D eigenvalue weighted by Gasteiger charge is -2.20. The second-order valence-electron chi connectivity index (χ2n) is 8.42. The molecule has 1 aromatic heterocycles. The highest BCUT2D eigenvalue weighted by molar-refractivity contribution is 7.23. The molecule has 0 amide bonds. The molecule has 0 fully saturated rings. The van der Waals surface area contributed by atoms with Gasteiger partial charge in [0.25, 0.3) is 0 Å². The molecule has 1 aliphatic rings. The molecule has 0 saturated heterocycles. The summed E-state index contributed by atoms with van der Waals surface area (Å²) in [7, 11) is 6.02. The Kier molecular flexibility index (Phi) is 4.62. The molecule has 1 heterocycles. The zero-order valence-corrected chi connectivity index (χ0v) is 18.4. The Bertz CT molecular complexity index is 1070. The van der Waals surface area contributed by atoms with Crippen LogP contribution in [0, 0.1) is 0 Å². The standard InChI is InChI=1S/C24H29N3S/c1-24(2,3)16-9-7-14(8-10-16)20-18-13-17(25-4)11-15(18)12-19-21(20)22(26-5)23(27-6)28-19/h7-12,25-27H,13H2,1-6H3. The molecular formula is C24H29N3S. The molecule has 0 saturated carbocycles. The summed E-state index contributed by atoms with van der Waals surface area (Å²) < 4.78 is 1.32. The predicted molar refractivity (Wildman–Crippen MR) is 126 cm³/mol. The first-order valence-corrected chi connectivity index (χ1v) is 10.7. The molecule has 146 valence electrons. The third-order valence-electron chi connectivity index (χ3n) is 5.66. The number of hydrogen-bond donors (Lipinski definition) is 3. The topological polar surface area (TPSA) is 36.1 Å². The molecule has 0 bridgehead atoms. The molecule has 3 N–H and O–H groups in total. The first kappa shape index (κ1) is 18.9. The number of likely N-dealkylation sites (N-methyl/N-ethyl adjacent to an activating group) is 1. The van der Waals surface area contributed by atoms with E-state index < -0.39 is 0 Å². The van der Waals surface area contributed by atoms with Crippen molar-refractivity contribution in [3.63, 3.8) is 0 Å². The van der Waals surface area contributed by atoms with E-state index in [2.05, 4.69) is 73.1 Å². The van der Waals surface area contributed by atoms with Crippen LogP contribution in [0.25, 0.3) is 27.3 Å². The van der Waals surface area contributed by atoms with E-state index in [0.717, 1.165) is 6.42 Å². The number of rotatable bonds is 4. The van der Waals surface area contributed by atoms with Gasteiger partial charge in [0, 0.05) is 43.3 Å². The van der Waals surface area contributed by atoms with Gasteiger partial charge >= 0.3 is 0 Å². The van der Waals surface area contributed by atoms with Crippen LogP contribution in [0.1, 0.15) is 37.5 Å². The maximum atomic E-state index is 3.45. The predicted octanol–water partition coefficient (Wildman–Crippen LogP) is 6.07. The van der Waals surface area contributed by atoms with Gasteiger partial charge in [-0.2, -0.15) is 0 Å². The smallest absolute Gasteiger partial charge is 0.113 e. The van der Waals surface area contributed by atoms with E-state index in [1.165, 1.54) is 54.3 Å². The fourth-order valence-electron chi connectivity index (χ4n) is 4.10. The van der Waals surface area contributed by atoms with Crippen LogP contribution < -0.4 is 16.0 Å². The summed E-state index contributed by atoms with van der Waals surface area (Å²) >= 11 is 1.82. The minimum atomic E-state index is 0.158. The maximum absolute atomic E-state index is 3.45. The van der Waals surface area contributed by atoms with Gasteiger partial charge in [0.2, 0.25) is 0 Å². The van der Waals surface area contributed by atoms with Gasteiger partial charge < -0.3 is 16.0 Å². The molecule has 0 radical (unpaired) electrons. The molecule has 2 aromatic carbocycles. The van der Waals surface area contributed by atoms with Gasteiger partial charge in [0.1, 0.15) is 5.00 Å². The Hall–Kier alpha value is -2.46. The Labute approximate surface area is 171 Å². The minimum Gasteiger partial charge on any atom is -0.391 e. The number of thiophene rings is 1. The first-order chi connectivity index (χ1) is 13.4. The van der Waals surface area contributed by atoms with Crippen molar-refractivity contribution in [3.05, 3.63) is 52.7 Å². The van der Waals surface area contributed by atoms with Crippen molar-refractivity contribution >= 4 is 38.2 Å². The highest BCUT2D eigenvalue weighted by Gasteiger charge is 2.24. The van der Waals surface area contributed by atoms with Crippen LogP contribution in [0.2, 0.25) is 0 Å². The van der Waals surface area contributed by atoms with E-state index in [4.69, 9.17) is 0 Å². The SMILES string of the molecule is CNC1=Cc2cc3sc(NC)c(NC)c3c(-c3ccc(C(C)(C)C)cc3)c2C1. The fourth-order valence-corrected chi connectivity index (χ4v) is 5.22. The lowest BCUT2D eigenvalue weighted by molar-refractivity contribution is 0.590. The number of hydrogen-bond acceptors (Lipinski definition) is 4. The Morgan fingerprint density at radius 2 is 1.64 bits per heavy atom. The maximum Gasteiger partial charge on any atom is 0.113 e. The van der Waals surface area contributed by atoms with Gasteiger partial charge in [-0.1, -0.05) is 45.0 Å². The second kappa shape index (κ2) is 6.85. The summed E-state index contributed by atoms with van der Waals surface area (Å²) in [6.45, 7) is 6.79. The Morgan fingerprint density at radius 3 is 2.21 bits per heavy atom. The molecule has 4 rings (SSSR count). The Balaban J connectivity index is 2.00. The van der Waals surface area contributed by atoms with Crippen molar-refractivity contribution in [1.82, 2.24) is 5.32 Å². The van der Waals surface area contributed by atoms with E-state index in [-0.39, 0.29) is 5.41 Å². The van der Waals surface area contributed by atoms with E-state index in [0.29, 0.717) is 0 Å². The monoisotopic (exact) mass is 391 g/mol. The van der Waals surface area contributed by atoms with E-state index in [9.17, 15) is 0 Å². The zero-order chi connectivity index (χ0) is 20.1. The van der Waals surface area contributed by atoms with Gasteiger partial charge in [-0.05, 0) is 45.4 Å². The molecular weight excluding hydrogens is 362 g/mol. The molecule has 0 unspecified atom stereocenters. The van der Waals surface area contributed by atoms with E-state index in [1.807, 2.05) is 32.5 Å². The zero-order valence-electron chi connectivity index (χ0n) is 17.6. The van der Waals surface area contributed by atoms with Crippen molar-refractivity contribution in [3.8, 4) is 11.1 Å². The normalized spacial score (nSPS) is 13.4. The molecule has 3 aromatic rings. The summed E-state index contributed by atoms with van der Waals surface area (Å²) in [5.41, 5.74) is 9.39. The molecule has 3 nitrogen and oxygen atoms in total. The summed E-state index contributed by atoms with van der Waals surface area (Å²) in [4.78, 5) is 0. The third kappa shape index (κ3) is 2.96. The summed E-state index contributed by atoms with van der Waals surface area (Å²) in [6, 6.07) is 11.5. The van der Waals surface area contributed by atoms with Gasteiger partial charge in [-0.3, -0.25) is 0 Å². The van der Waals surface area contributed by atoms with Crippen LogP contribution in [0.15, 0.2) is 36.0 Å². The van der Waals surface area contributed by atoms with Crippen LogP contribution in [-0.2, 0) is 11.8 Å². The van der Waals surface area contributed by atoms with Crippen molar-refractivity contribution in [2.24, 2.45) is 0 Å². The molecule has 0 spiro atoms. The van der Waals surface area contributed by atoms with Crippen molar-refractivity contribution in [1.29, 1.82) is 0 Å². The molecule has 0 atom stereocenters. The number of allylic oxidation sites excluding steroid dienone is 1. The van der Waals surface area contributed by atoms with E-state index >= 15 is 0 Å². The van der Waals surface area contributed by atoms with Crippen molar-refractivity contribution < 1.29 is 0 Å². The lowest BCUT2D eigenvalue weighted by atomic mass is 9.85. The number of fused-ring (bicyclic) bond motifs is 2. The second-order valence-corrected chi connectivity index (χ2v) is 9.47. The minimum absolute atomic E-state index is 0.158. The molecule has 0 aliphatic heterocycles. The summed E-state index contributed by atoms with van der Waals surface area (Å²) in [6.07, 6.45) is 3.24. The Morgan fingerprint density at radius 1 is 0.929 bits per heavy atom. The van der Waals surface area contributed by atoms with Crippen LogP contribution in [0.4, 0.5) is 10.7 Å². The highest BCUT2D eigenvalue weighted by atomic mass is 32.1. The van der Waals surface area contributed by atoms with Gasteiger partial charge in [0.05, 0.1) is 5.69 Å². The van der Waals surface area contributed by atoms with Gasteiger partial charge in [0.15, 0.2) is 0 Å². The average Bonchev–Trinajstić information content (AvgIpc) is 3.25. The van der Waals surface area contributed by atoms with E-state index in [1.54, 1.807) is 0 Å². The number of benzene rings is 2. The van der Waals surface area contributed by atoms with Crippen molar-refractivity contribution in [2.45, 2.75) is 32.6 Å². The van der Waals surface area contributed by atoms with Crippen LogP contribution in [0.3, 0.4) is 0 Å². The largest absolute Gasteiger partial charge is 0.391 e. The summed E-state index contributed by atoms with van der Waals surface area (Å²) in [5.74, 6) is 0. The van der Waals surface area contributed by atoms with Gasteiger partial charge in [-0.25, -0.2) is 0 Å². The van der Waals surface area contributed by atoms with Crippen LogP contribution in [-0.4, -0.2) is 21.1 Å². The average molecular weight is 392 g/mol. The third-order valence-corrected chi connectivity index (χ3v) is 6.81. The van der Waals surface area contributed by atoms with Gasteiger partial charge in [-0.15, -0.1) is 11.3 Å². The number of nitrogens with one attached hydrogen (secondary N) is 3. The molecule has 28 heavy (non-hydrogen) atoms. The van der Waals surface area contributed by atoms with Crippen molar-refractivity contribution in [2.75, 3.05) is 31.8 Å². The molecule has 4 heteroatoms. The fraction of sp³-hybridized carbons (Fsp3) is 0.333. The lowest BCUT2D eigenvalue weighted by Crippen LogP contribution is -2.10. The quantitative estimate of drug-likeness (QED) is 0.505. The highest BCUT2D eigenvalue weighted by Crippen LogP contribution is 2.49.